The van der Waals surface area contributed by atoms with Gasteiger partial charge in [-0.1, -0.05) is 146 Å². The van der Waals surface area contributed by atoms with Crippen LogP contribution in [-0.2, 0) is 16.5 Å². The van der Waals surface area contributed by atoms with Gasteiger partial charge >= 0.3 is 16.5 Å². The van der Waals surface area contributed by atoms with Crippen LogP contribution in [0.25, 0.3) is 78.7 Å². The van der Waals surface area contributed by atoms with Crippen LogP contribution in [0.4, 0.5) is 0 Å². The van der Waals surface area contributed by atoms with E-state index in [1.165, 1.54) is 0 Å². The van der Waals surface area contributed by atoms with E-state index in [0.29, 0.717) is 45.8 Å². The molecule has 7 aromatic rings. The monoisotopic (exact) mass is 702 g/mol. The third-order valence-electron chi connectivity index (χ3n) is 8.68. The number of hydrogen-bond acceptors (Lipinski definition) is 4. The van der Waals surface area contributed by atoms with Crippen molar-refractivity contribution in [1.29, 1.82) is 0 Å². The fourth-order valence-corrected chi connectivity index (χ4v) is 6.46. The van der Waals surface area contributed by atoms with Crippen molar-refractivity contribution in [3.05, 3.63) is 168 Å². The first-order chi connectivity index (χ1) is 24.7. The zero-order chi connectivity index (χ0) is 33.9. The first-order valence-corrected chi connectivity index (χ1v) is 16.2. The maximum Gasteiger partial charge on any atom is 2.00 e. The second-order valence-corrected chi connectivity index (χ2v) is 11.7. The molecular formula is C44H28N4NiO2. The van der Waals surface area contributed by atoms with Crippen molar-refractivity contribution in [2.24, 2.45) is 0 Å². The molecule has 246 valence electrons. The summed E-state index contributed by atoms with van der Waals surface area (Å²) in [6.45, 7) is 0. The van der Waals surface area contributed by atoms with Crippen molar-refractivity contribution in [2.75, 3.05) is 0 Å². The van der Waals surface area contributed by atoms with E-state index in [9.17, 15) is 9.59 Å². The van der Waals surface area contributed by atoms with Gasteiger partial charge in [0.05, 0.1) is 11.4 Å². The molecule has 0 N–H and O–H groups in total. The minimum absolute atomic E-state index is 0. The van der Waals surface area contributed by atoms with Gasteiger partial charge < -0.3 is 9.97 Å². The molecule has 0 saturated carbocycles. The molecular weight excluding hydrogens is 675 g/mol. The smallest absolute Gasteiger partial charge is 0.657 e. The summed E-state index contributed by atoms with van der Waals surface area (Å²) < 4.78 is 0. The average Bonchev–Trinajstić information content (AvgIpc) is 3.96. The molecule has 4 aromatic carbocycles. The van der Waals surface area contributed by atoms with E-state index in [0.717, 1.165) is 44.8 Å². The van der Waals surface area contributed by atoms with Crippen molar-refractivity contribution in [2.45, 2.75) is 0 Å². The van der Waals surface area contributed by atoms with Gasteiger partial charge in [-0.05, 0) is 56.7 Å². The van der Waals surface area contributed by atoms with Gasteiger partial charge in [-0.25, -0.2) is 9.97 Å². The van der Waals surface area contributed by atoms with E-state index in [2.05, 4.69) is 0 Å². The Bertz CT molecular complexity index is 2380. The predicted molar refractivity (Wildman–Crippen MR) is 200 cm³/mol. The van der Waals surface area contributed by atoms with Crippen LogP contribution >= 0.6 is 0 Å². The number of fused-ring (bicyclic) bond motifs is 6. The van der Waals surface area contributed by atoms with Crippen LogP contribution in [0.3, 0.4) is 0 Å². The van der Waals surface area contributed by atoms with Crippen LogP contribution in [0, 0.1) is 0 Å². The summed E-state index contributed by atoms with van der Waals surface area (Å²) in [6.07, 6.45) is 5.39. The number of aromatic nitrogens is 4. The molecule has 0 fully saturated rings. The van der Waals surface area contributed by atoms with Crippen LogP contribution in [0.15, 0.2) is 146 Å². The number of rotatable bonds is 6. The Balaban J connectivity index is 0.00000406. The normalized spacial score (nSPS) is 11.1. The average molecular weight is 703 g/mol. The summed E-state index contributed by atoms with van der Waals surface area (Å²) in [7, 11) is 0. The summed E-state index contributed by atoms with van der Waals surface area (Å²) in [4.78, 5) is 46.4. The summed E-state index contributed by atoms with van der Waals surface area (Å²) in [5, 5.41) is 0. The molecule has 4 heterocycles. The summed E-state index contributed by atoms with van der Waals surface area (Å²) in [6, 6.07) is 46.7. The molecule has 51 heavy (non-hydrogen) atoms. The van der Waals surface area contributed by atoms with E-state index < -0.39 is 0 Å². The molecule has 0 aliphatic carbocycles. The Morgan fingerprint density at radius 2 is 0.667 bits per heavy atom. The third kappa shape index (κ3) is 6.39. The Morgan fingerprint density at radius 3 is 0.980 bits per heavy atom. The summed E-state index contributed by atoms with van der Waals surface area (Å²) >= 11 is 0. The van der Waals surface area contributed by atoms with Crippen LogP contribution < -0.4 is 9.97 Å². The molecule has 0 spiro atoms. The van der Waals surface area contributed by atoms with E-state index in [1.54, 1.807) is 0 Å². The Kier molecular flexibility index (Phi) is 9.47. The second kappa shape index (κ2) is 14.6. The first kappa shape index (κ1) is 33.1. The SMILES string of the molecule is O=Cc1nc(C=O)c(-c2ccccc2)c2ccc([n-]2)c(-c2ccccc2)c2nc(c(-c3ccccc3)c3ccc([n-]3)c1-c1ccccc1)C=C2.[Ni+2]. The zero-order valence-corrected chi connectivity index (χ0v) is 28.1. The van der Waals surface area contributed by atoms with Gasteiger partial charge in [0, 0.05) is 0 Å². The van der Waals surface area contributed by atoms with Crippen molar-refractivity contribution < 1.29 is 26.1 Å². The maximum atomic E-state index is 13.0. The van der Waals surface area contributed by atoms with Gasteiger partial charge in [-0.15, -0.1) is 22.1 Å². The third-order valence-corrected chi connectivity index (χ3v) is 8.68. The molecule has 0 unspecified atom stereocenters. The molecule has 7 heteroatoms. The van der Waals surface area contributed by atoms with Crippen molar-refractivity contribution in [1.82, 2.24) is 19.9 Å². The minimum atomic E-state index is 0. The number of aldehydes is 2. The fourth-order valence-electron chi connectivity index (χ4n) is 6.46. The quantitative estimate of drug-likeness (QED) is 0.127. The topological polar surface area (TPSA) is 88.1 Å². The van der Waals surface area contributed by atoms with Gasteiger partial charge in [-0.3, -0.25) is 9.59 Å². The molecule has 0 atom stereocenters. The van der Waals surface area contributed by atoms with Crippen LogP contribution in [-0.4, -0.2) is 22.5 Å². The van der Waals surface area contributed by atoms with E-state index in [4.69, 9.17) is 19.9 Å². The zero-order valence-electron chi connectivity index (χ0n) is 27.1. The number of nitrogens with zero attached hydrogens (tertiary/aromatic N) is 4. The second-order valence-electron chi connectivity index (χ2n) is 11.7. The van der Waals surface area contributed by atoms with Gasteiger partial charge in [0.2, 0.25) is 0 Å². The van der Waals surface area contributed by atoms with Gasteiger partial charge in [0.1, 0.15) is 11.4 Å². The Labute approximate surface area is 304 Å². The Hall–Kier alpha value is -6.43. The van der Waals surface area contributed by atoms with Crippen molar-refractivity contribution >= 4 is 46.8 Å². The number of carbonyl (C=O) groups excluding carboxylic acids is 2. The molecule has 1 aliphatic heterocycles. The van der Waals surface area contributed by atoms with E-state index in [1.807, 2.05) is 158 Å². The van der Waals surface area contributed by atoms with E-state index >= 15 is 0 Å². The molecule has 0 saturated heterocycles. The molecule has 1 aliphatic rings. The van der Waals surface area contributed by atoms with Gasteiger partial charge in [-0.2, -0.15) is 0 Å². The van der Waals surface area contributed by atoms with Gasteiger partial charge in [0.15, 0.2) is 12.6 Å². The number of benzene rings is 4. The maximum absolute atomic E-state index is 13.0. The molecule has 0 amide bonds. The summed E-state index contributed by atoms with van der Waals surface area (Å²) in [5.74, 6) is 0. The molecule has 8 rings (SSSR count). The fraction of sp³-hybridized carbons (Fsp3) is 0. The molecule has 3 aromatic heterocycles. The Morgan fingerprint density at radius 1 is 0.373 bits per heavy atom. The minimum Gasteiger partial charge on any atom is -0.657 e. The van der Waals surface area contributed by atoms with Crippen molar-refractivity contribution in [3.63, 3.8) is 0 Å². The largest absolute Gasteiger partial charge is 2.00 e. The van der Waals surface area contributed by atoms with Gasteiger partial charge in [0.25, 0.3) is 0 Å². The molecule has 6 nitrogen and oxygen atoms in total. The number of carbonyl (C=O) groups is 2. The standard InChI is InChI=1S/C44H29N4O2.Ni/c49-27-39-43(31-17-9-3-10-18-31)37-25-23-35(46-37)41(29-13-5-1-6-14-29)33-21-22-34(45-33)42(30-15-7-2-8-16-30)36-24-26-38(47-36)44(40(28-50)48-39)32-19-11-4-12-20-32;/h1-28H,(H-,45,46,47,48,49,50);/q-1;+2/p-1. The number of hydrogen-bond donors (Lipinski definition) is 0. The first-order valence-electron chi connectivity index (χ1n) is 16.2. The van der Waals surface area contributed by atoms with Crippen molar-refractivity contribution in [3.8, 4) is 44.5 Å². The van der Waals surface area contributed by atoms with Crippen LogP contribution in [0.5, 0.6) is 0 Å². The van der Waals surface area contributed by atoms with E-state index in [-0.39, 0.29) is 27.9 Å². The predicted octanol–water partition coefficient (Wildman–Crippen LogP) is 9.72. The van der Waals surface area contributed by atoms with Crippen LogP contribution in [0.2, 0.25) is 0 Å². The van der Waals surface area contributed by atoms with Crippen LogP contribution in [0.1, 0.15) is 32.4 Å². The molecule has 0 radical (unpaired) electrons. The summed E-state index contributed by atoms with van der Waals surface area (Å²) in [5.41, 5.74) is 10.2. The molecule has 6 bridgehead atoms.